The van der Waals surface area contributed by atoms with Gasteiger partial charge in [-0.2, -0.15) is 0 Å². The topological polar surface area (TPSA) is 23.5 Å². The van der Waals surface area contributed by atoms with E-state index < -0.39 is 6.17 Å². The van der Waals surface area contributed by atoms with Crippen molar-refractivity contribution in [2.75, 3.05) is 13.1 Å². The molecule has 19 heavy (non-hydrogen) atoms. The van der Waals surface area contributed by atoms with Crippen molar-refractivity contribution >= 4 is 0 Å². The van der Waals surface area contributed by atoms with Crippen LogP contribution in [0.25, 0.3) is 0 Å². The van der Waals surface area contributed by atoms with E-state index in [1.807, 2.05) is 6.07 Å². The molecule has 1 N–H and O–H groups in total. The molecule has 1 unspecified atom stereocenters. The number of nitrogens with zero attached hydrogens (tertiary/aromatic N) is 1. The molecule has 2 nitrogen and oxygen atoms in total. The van der Waals surface area contributed by atoms with Crippen molar-refractivity contribution in [3.63, 3.8) is 0 Å². The molecular formula is C16H24FNO. The maximum absolute atomic E-state index is 14.8. The molecule has 1 aliphatic carbocycles. The number of hydrogen-bond donors (Lipinski definition) is 1. The molecule has 1 aliphatic rings. The molecule has 0 saturated heterocycles. The lowest BCUT2D eigenvalue weighted by atomic mass is 9.85. The Morgan fingerprint density at radius 3 is 2.58 bits per heavy atom. The summed E-state index contributed by atoms with van der Waals surface area (Å²) >= 11 is 0. The van der Waals surface area contributed by atoms with E-state index in [4.69, 9.17) is 0 Å². The average molecular weight is 265 g/mol. The summed E-state index contributed by atoms with van der Waals surface area (Å²) in [7, 11) is 0. The van der Waals surface area contributed by atoms with E-state index in [1.165, 1.54) is 0 Å². The highest BCUT2D eigenvalue weighted by Crippen LogP contribution is 2.40. The smallest absolute Gasteiger partial charge is 0.144 e. The van der Waals surface area contributed by atoms with Gasteiger partial charge < -0.3 is 5.11 Å². The lowest BCUT2D eigenvalue weighted by Crippen LogP contribution is -2.42. The average Bonchev–Trinajstić information content (AvgIpc) is 2.39. The van der Waals surface area contributed by atoms with Crippen LogP contribution in [0.5, 0.6) is 5.75 Å². The number of alkyl halides is 1. The summed E-state index contributed by atoms with van der Waals surface area (Å²) in [6, 6.07) is 5.25. The Morgan fingerprint density at radius 2 is 1.95 bits per heavy atom. The highest BCUT2D eigenvalue weighted by molar-refractivity contribution is 5.43. The fraction of sp³-hybridized carbons (Fsp3) is 0.625. The van der Waals surface area contributed by atoms with Crippen molar-refractivity contribution in [1.82, 2.24) is 4.90 Å². The fourth-order valence-corrected chi connectivity index (χ4v) is 3.16. The van der Waals surface area contributed by atoms with Crippen molar-refractivity contribution in [2.24, 2.45) is 0 Å². The summed E-state index contributed by atoms with van der Waals surface area (Å²) in [6.07, 6.45) is 2.72. The molecule has 1 aromatic carbocycles. The zero-order valence-corrected chi connectivity index (χ0v) is 11.9. The van der Waals surface area contributed by atoms with Gasteiger partial charge in [-0.05, 0) is 50.4 Å². The van der Waals surface area contributed by atoms with Crippen LogP contribution in [0.15, 0.2) is 18.2 Å². The molecule has 0 aliphatic heterocycles. The van der Waals surface area contributed by atoms with Gasteiger partial charge in [0.15, 0.2) is 0 Å². The summed E-state index contributed by atoms with van der Waals surface area (Å²) < 4.78 is 14.8. The first-order valence-electron chi connectivity index (χ1n) is 7.37. The molecule has 1 aromatic rings. The molecule has 106 valence electrons. The lowest BCUT2D eigenvalue weighted by molar-refractivity contribution is 0.0928. The number of rotatable bonds is 5. The predicted octanol–water partition coefficient (Wildman–Crippen LogP) is 3.84. The molecule has 0 spiro atoms. The van der Waals surface area contributed by atoms with Crippen molar-refractivity contribution in [3.8, 4) is 5.75 Å². The second kappa shape index (κ2) is 6.38. The normalized spacial score (nSPS) is 22.5. The van der Waals surface area contributed by atoms with Gasteiger partial charge in [0, 0.05) is 11.6 Å². The number of benzene rings is 1. The minimum Gasteiger partial charge on any atom is -0.508 e. The van der Waals surface area contributed by atoms with Gasteiger partial charge in [0.1, 0.15) is 11.9 Å². The van der Waals surface area contributed by atoms with Crippen LogP contribution in [0.2, 0.25) is 0 Å². The number of phenols is 1. The second-order valence-corrected chi connectivity index (χ2v) is 5.39. The first-order valence-corrected chi connectivity index (χ1v) is 7.37. The minimum absolute atomic E-state index is 0.0827. The summed E-state index contributed by atoms with van der Waals surface area (Å²) in [5.41, 5.74) is 1.49. The largest absolute Gasteiger partial charge is 0.508 e. The number of aromatic hydroxyl groups is 1. The molecule has 0 heterocycles. The van der Waals surface area contributed by atoms with Crippen LogP contribution >= 0.6 is 0 Å². The number of fused-ring (bicyclic) bond motifs is 1. The van der Waals surface area contributed by atoms with Gasteiger partial charge in [-0.1, -0.05) is 26.0 Å². The van der Waals surface area contributed by atoms with Crippen LogP contribution in [-0.4, -0.2) is 29.1 Å². The van der Waals surface area contributed by atoms with Crippen LogP contribution in [0, 0.1) is 0 Å². The van der Waals surface area contributed by atoms with E-state index in [0.717, 1.165) is 44.3 Å². The van der Waals surface area contributed by atoms with Crippen molar-refractivity contribution < 1.29 is 9.50 Å². The van der Waals surface area contributed by atoms with E-state index in [9.17, 15) is 9.50 Å². The molecule has 0 aromatic heterocycles. The Bertz CT molecular complexity index is 415. The molecule has 0 fully saturated rings. The van der Waals surface area contributed by atoms with Crippen molar-refractivity contribution in [3.05, 3.63) is 29.3 Å². The molecule has 0 saturated carbocycles. The lowest BCUT2D eigenvalue weighted by Gasteiger charge is -2.37. The van der Waals surface area contributed by atoms with Crippen LogP contribution in [-0.2, 0) is 6.42 Å². The zero-order valence-electron chi connectivity index (χ0n) is 11.9. The van der Waals surface area contributed by atoms with Crippen molar-refractivity contribution in [2.45, 2.75) is 51.7 Å². The van der Waals surface area contributed by atoms with Gasteiger partial charge in [0.25, 0.3) is 0 Å². The van der Waals surface area contributed by atoms with Crippen LogP contribution in [0.4, 0.5) is 4.39 Å². The van der Waals surface area contributed by atoms with Gasteiger partial charge in [-0.25, -0.2) is 4.39 Å². The highest BCUT2D eigenvalue weighted by atomic mass is 19.1. The number of hydrogen-bond acceptors (Lipinski definition) is 2. The fourth-order valence-electron chi connectivity index (χ4n) is 3.16. The van der Waals surface area contributed by atoms with Gasteiger partial charge in [-0.15, -0.1) is 0 Å². The molecule has 2 atom stereocenters. The first kappa shape index (κ1) is 14.3. The molecular weight excluding hydrogens is 241 g/mol. The molecule has 0 amide bonds. The van der Waals surface area contributed by atoms with Gasteiger partial charge in [-0.3, -0.25) is 4.90 Å². The first-order chi connectivity index (χ1) is 9.19. The number of aryl methyl sites for hydroxylation is 1. The summed E-state index contributed by atoms with van der Waals surface area (Å²) in [6.45, 7) is 6.12. The van der Waals surface area contributed by atoms with Gasteiger partial charge >= 0.3 is 0 Å². The Kier molecular flexibility index (Phi) is 4.81. The Hall–Kier alpha value is -1.09. The maximum Gasteiger partial charge on any atom is 0.144 e. The van der Waals surface area contributed by atoms with E-state index in [2.05, 4.69) is 18.7 Å². The summed E-state index contributed by atoms with van der Waals surface area (Å²) in [5.74, 6) is 0.114. The Morgan fingerprint density at radius 1 is 1.26 bits per heavy atom. The monoisotopic (exact) mass is 265 g/mol. The van der Waals surface area contributed by atoms with E-state index in [-0.39, 0.29) is 11.8 Å². The maximum atomic E-state index is 14.8. The van der Waals surface area contributed by atoms with Gasteiger partial charge in [0.05, 0.1) is 0 Å². The molecule has 0 bridgehead atoms. The minimum atomic E-state index is -1.07. The molecule has 2 rings (SSSR count). The second-order valence-electron chi connectivity index (χ2n) is 5.39. The van der Waals surface area contributed by atoms with E-state index in [0.29, 0.717) is 5.56 Å². The molecule has 3 heteroatoms. The Labute approximate surface area is 115 Å². The number of phenolic OH excluding ortho intramolecular Hbond substituents is 1. The van der Waals surface area contributed by atoms with E-state index in [1.54, 1.807) is 12.1 Å². The SMILES string of the molecule is CCCN(CCC)C1CCc2cccc(O)c2[C@@H]1F. The van der Waals surface area contributed by atoms with Crippen LogP contribution in [0.3, 0.4) is 0 Å². The standard InChI is InChI=1S/C16H24FNO/c1-3-10-18(11-4-2)13-9-8-12-6-5-7-14(19)15(12)16(13)17/h5-7,13,16,19H,3-4,8-11H2,1-2H3/t13?,16-/m1/s1. The summed E-state index contributed by atoms with van der Waals surface area (Å²) in [4.78, 5) is 2.25. The highest BCUT2D eigenvalue weighted by Gasteiger charge is 2.34. The third-order valence-electron chi connectivity index (χ3n) is 3.99. The van der Waals surface area contributed by atoms with Crippen molar-refractivity contribution in [1.29, 1.82) is 0 Å². The van der Waals surface area contributed by atoms with E-state index >= 15 is 0 Å². The third kappa shape index (κ3) is 2.92. The Balaban J connectivity index is 2.24. The quantitative estimate of drug-likeness (QED) is 0.874. The predicted molar refractivity (Wildman–Crippen MR) is 76.2 cm³/mol. The molecule has 0 radical (unpaired) electrons. The van der Waals surface area contributed by atoms with Gasteiger partial charge in [0.2, 0.25) is 0 Å². The van der Waals surface area contributed by atoms with Crippen LogP contribution in [0.1, 0.15) is 50.4 Å². The third-order valence-corrected chi connectivity index (χ3v) is 3.99. The summed E-state index contributed by atoms with van der Waals surface area (Å²) in [5, 5.41) is 9.93. The van der Waals surface area contributed by atoms with Crippen LogP contribution < -0.4 is 0 Å². The number of halogens is 1. The zero-order chi connectivity index (χ0) is 13.8.